The number of nitrogens with zero attached hydrogens (tertiary/aromatic N) is 1. The highest BCUT2D eigenvalue weighted by molar-refractivity contribution is 7.89. The van der Waals surface area contributed by atoms with Crippen molar-refractivity contribution in [3.8, 4) is 0 Å². The SMILES string of the molecule is COCC(C)S(=O)(=O)N1CCN[C@@H](C)C1.Cl. The normalized spacial score (nSPS) is 24.8. The highest BCUT2D eigenvalue weighted by Gasteiger charge is 2.31. The maximum absolute atomic E-state index is 12.0. The molecular weight excluding hydrogens is 252 g/mol. The molecule has 0 aromatic heterocycles. The highest BCUT2D eigenvalue weighted by Crippen LogP contribution is 2.12. The first-order valence-electron chi connectivity index (χ1n) is 5.19. The van der Waals surface area contributed by atoms with Crippen LogP contribution in [0.4, 0.5) is 0 Å². The van der Waals surface area contributed by atoms with Crippen molar-refractivity contribution in [1.82, 2.24) is 9.62 Å². The summed E-state index contributed by atoms with van der Waals surface area (Å²) in [5.74, 6) is 0. The zero-order valence-corrected chi connectivity index (χ0v) is 11.6. The first-order valence-corrected chi connectivity index (χ1v) is 6.70. The number of methoxy groups -OCH3 is 1. The molecule has 16 heavy (non-hydrogen) atoms. The Morgan fingerprint density at radius 2 is 2.19 bits per heavy atom. The van der Waals surface area contributed by atoms with E-state index in [1.54, 1.807) is 11.2 Å². The third kappa shape index (κ3) is 3.85. The van der Waals surface area contributed by atoms with Crippen LogP contribution in [-0.2, 0) is 14.8 Å². The van der Waals surface area contributed by atoms with E-state index in [4.69, 9.17) is 4.74 Å². The summed E-state index contributed by atoms with van der Waals surface area (Å²) in [5.41, 5.74) is 0. The zero-order chi connectivity index (χ0) is 11.5. The van der Waals surface area contributed by atoms with Crippen molar-refractivity contribution >= 4 is 22.4 Å². The molecule has 1 heterocycles. The number of hydrogen-bond donors (Lipinski definition) is 1. The lowest BCUT2D eigenvalue weighted by atomic mass is 10.3. The Morgan fingerprint density at radius 1 is 1.56 bits per heavy atom. The summed E-state index contributed by atoms with van der Waals surface area (Å²) in [6.45, 7) is 5.76. The standard InChI is InChI=1S/C9H20N2O3S.ClH/c1-8-6-11(5-4-10-8)15(12,13)9(2)7-14-3;/h8-10H,4-7H2,1-3H3;1H/t8-,9?;/m0./s1. The van der Waals surface area contributed by atoms with E-state index >= 15 is 0 Å². The van der Waals surface area contributed by atoms with Gasteiger partial charge in [0.25, 0.3) is 0 Å². The Balaban J connectivity index is 0.00000225. The van der Waals surface area contributed by atoms with E-state index in [0.717, 1.165) is 6.54 Å². The number of piperazine rings is 1. The van der Waals surface area contributed by atoms with Crippen molar-refractivity contribution in [2.45, 2.75) is 25.1 Å². The van der Waals surface area contributed by atoms with E-state index in [1.165, 1.54) is 7.11 Å². The number of hydrogen-bond acceptors (Lipinski definition) is 4. The molecule has 7 heteroatoms. The van der Waals surface area contributed by atoms with Gasteiger partial charge in [-0.05, 0) is 13.8 Å². The molecular formula is C9H21ClN2O3S. The first kappa shape index (κ1) is 16.1. The minimum absolute atomic E-state index is 0. The van der Waals surface area contributed by atoms with Gasteiger partial charge in [0.1, 0.15) is 0 Å². The maximum Gasteiger partial charge on any atom is 0.219 e. The van der Waals surface area contributed by atoms with Crippen molar-refractivity contribution in [3.05, 3.63) is 0 Å². The molecule has 1 aliphatic rings. The number of halogens is 1. The molecule has 0 saturated carbocycles. The van der Waals surface area contributed by atoms with E-state index in [1.807, 2.05) is 6.92 Å². The molecule has 1 rings (SSSR count). The summed E-state index contributed by atoms with van der Waals surface area (Å²) in [4.78, 5) is 0. The van der Waals surface area contributed by atoms with Crippen molar-refractivity contribution in [2.75, 3.05) is 33.4 Å². The maximum atomic E-state index is 12.0. The van der Waals surface area contributed by atoms with Gasteiger partial charge in [0, 0.05) is 32.8 Å². The molecule has 0 aliphatic carbocycles. The molecule has 1 N–H and O–H groups in total. The molecule has 1 unspecified atom stereocenters. The predicted molar refractivity (Wildman–Crippen MR) is 66.5 cm³/mol. The van der Waals surface area contributed by atoms with Crippen LogP contribution in [0.1, 0.15) is 13.8 Å². The second-order valence-corrected chi connectivity index (χ2v) is 6.38. The summed E-state index contributed by atoms with van der Waals surface area (Å²) >= 11 is 0. The van der Waals surface area contributed by atoms with Crippen LogP contribution in [0.2, 0.25) is 0 Å². The summed E-state index contributed by atoms with van der Waals surface area (Å²) in [7, 11) is -1.67. The van der Waals surface area contributed by atoms with Gasteiger partial charge < -0.3 is 10.1 Å². The fourth-order valence-corrected chi connectivity index (χ4v) is 3.30. The van der Waals surface area contributed by atoms with Gasteiger partial charge in [0.15, 0.2) is 0 Å². The lowest BCUT2D eigenvalue weighted by molar-refractivity contribution is 0.196. The number of ether oxygens (including phenoxy) is 1. The van der Waals surface area contributed by atoms with Crippen LogP contribution in [-0.4, -0.2) is 57.4 Å². The Kier molecular flexibility index (Phi) is 6.81. The summed E-state index contributed by atoms with van der Waals surface area (Å²) in [5, 5.41) is 2.75. The minimum Gasteiger partial charge on any atom is -0.383 e. The predicted octanol–water partition coefficient (Wildman–Crippen LogP) is 0.0666. The molecule has 0 bridgehead atoms. The molecule has 1 saturated heterocycles. The Morgan fingerprint density at radius 3 is 2.69 bits per heavy atom. The molecule has 0 radical (unpaired) electrons. The summed E-state index contributed by atoms with van der Waals surface area (Å²) in [6.07, 6.45) is 0. The molecule has 1 aliphatic heterocycles. The van der Waals surface area contributed by atoms with Gasteiger partial charge in [-0.2, -0.15) is 4.31 Å². The number of sulfonamides is 1. The molecule has 0 aromatic rings. The zero-order valence-electron chi connectivity index (χ0n) is 9.97. The van der Waals surface area contributed by atoms with Gasteiger partial charge in [0.05, 0.1) is 11.9 Å². The van der Waals surface area contributed by atoms with Crippen LogP contribution in [0, 0.1) is 0 Å². The van der Waals surface area contributed by atoms with E-state index in [-0.39, 0.29) is 25.1 Å². The van der Waals surface area contributed by atoms with Crippen molar-refractivity contribution < 1.29 is 13.2 Å². The monoisotopic (exact) mass is 272 g/mol. The van der Waals surface area contributed by atoms with E-state index < -0.39 is 15.3 Å². The molecule has 2 atom stereocenters. The fourth-order valence-electron chi connectivity index (χ4n) is 1.70. The van der Waals surface area contributed by atoms with Crippen molar-refractivity contribution in [2.24, 2.45) is 0 Å². The lowest BCUT2D eigenvalue weighted by Crippen LogP contribution is -2.53. The van der Waals surface area contributed by atoms with Gasteiger partial charge in [-0.15, -0.1) is 12.4 Å². The van der Waals surface area contributed by atoms with Crippen LogP contribution >= 0.6 is 12.4 Å². The van der Waals surface area contributed by atoms with Crippen molar-refractivity contribution in [3.63, 3.8) is 0 Å². The lowest BCUT2D eigenvalue weighted by Gasteiger charge is -2.32. The summed E-state index contributed by atoms with van der Waals surface area (Å²) < 4.78 is 30.5. The van der Waals surface area contributed by atoms with Gasteiger partial charge in [-0.3, -0.25) is 0 Å². The molecule has 5 nitrogen and oxygen atoms in total. The third-order valence-corrected chi connectivity index (χ3v) is 4.81. The smallest absolute Gasteiger partial charge is 0.219 e. The first-order chi connectivity index (χ1) is 6.98. The van der Waals surface area contributed by atoms with Crippen LogP contribution in [0.5, 0.6) is 0 Å². The average Bonchev–Trinajstić information content (AvgIpc) is 2.18. The molecule has 0 spiro atoms. The van der Waals surface area contributed by atoms with Gasteiger partial charge in [0.2, 0.25) is 10.0 Å². The Labute approximate surface area is 104 Å². The van der Waals surface area contributed by atoms with Crippen LogP contribution < -0.4 is 5.32 Å². The van der Waals surface area contributed by atoms with Gasteiger partial charge in [-0.25, -0.2) is 8.42 Å². The summed E-state index contributed by atoms with van der Waals surface area (Å²) in [6, 6.07) is 0.225. The van der Waals surface area contributed by atoms with Gasteiger partial charge in [-0.1, -0.05) is 0 Å². The fraction of sp³-hybridized carbons (Fsp3) is 1.00. The van der Waals surface area contributed by atoms with Crippen LogP contribution in [0.25, 0.3) is 0 Å². The Hall–Kier alpha value is 0.120. The third-order valence-electron chi connectivity index (χ3n) is 2.60. The second-order valence-electron chi connectivity index (χ2n) is 4.02. The average molecular weight is 273 g/mol. The van der Waals surface area contributed by atoms with Crippen LogP contribution in [0.3, 0.4) is 0 Å². The number of nitrogens with one attached hydrogen (secondary N) is 1. The Bertz CT molecular complexity index is 297. The molecule has 1 fully saturated rings. The van der Waals surface area contributed by atoms with E-state index in [9.17, 15) is 8.42 Å². The minimum atomic E-state index is -3.19. The van der Waals surface area contributed by atoms with E-state index in [0.29, 0.717) is 13.1 Å². The molecule has 0 amide bonds. The topological polar surface area (TPSA) is 58.6 Å². The van der Waals surface area contributed by atoms with Crippen molar-refractivity contribution in [1.29, 1.82) is 0 Å². The van der Waals surface area contributed by atoms with Crippen LogP contribution in [0.15, 0.2) is 0 Å². The van der Waals surface area contributed by atoms with Gasteiger partial charge >= 0.3 is 0 Å². The quantitative estimate of drug-likeness (QED) is 0.787. The second kappa shape index (κ2) is 6.76. The van der Waals surface area contributed by atoms with E-state index in [2.05, 4.69) is 5.32 Å². The largest absolute Gasteiger partial charge is 0.383 e. The molecule has 98 valence electrons. The highest BCUT2D eigenvalue weighted by atomic mass is 35.5. The molecule has 0 aromatic carbocycles. The number of rotatable bonds is 4.